The van der Waals surface area contributed by atoms with E-state index in [1.54, 1.807) is 0 Å². The molecule has 30 heavy (non-hydrogen) atoms. The van der Waals surface area contributed by atoms with Gasteiger partial charge in [0, 0.05) is 29.4 Å². The lowest BCUT2D eigenvalue weighted by Gasteiger charge is -2.14. The van der Waals surface area contributed by atoms with Gasteiger partial charge in [-0.1, -0.05) is 99.9 Å². The van der Waals surface area contributed by atoms with Gasteiger partial charge in [0.15, 0.2) is 5.71 Å². The van der Waals surface area contributed by atoms with E-state index in [0.29, 0.717) is 0 Å². The fourth-order valence-corrected chi connectivity index (χ4v) is 5.07. The quantitative estimate of drug-likeness (QED) is 0.128. The summed E-state index contributed by atoms with van der Waals surface area (Å²) in [6.07, 6.45) is 19.9. The maximum absolute atomic E-state index is 3.65. The summed E-state index contributed by atoms with van der Waals surface area (Å²) in [5, 5.41) is 0. The molecule has 0 aliphatic carbocycles. The molecule has 3 heteroatoms. The fourth-order valence-electron chi connectivity index (χ4n) is 4.71. The number of benzene rings is 1. The Bertz CT molecular complexity index is 650. The van der Waals surface area contributed by atoms with Crippen LogP contribution in [0.4, 0.5) is 5.69 Å². The molecule has 0 saturated heterocycles. The van der Waals surface area contributed by atoms with Crippen molar-refractivity contribution in [2.45, 2.75) is 123 Å². The van der Waals surface area contributed by atoms with E-state index in [2.05, 4.69) is 66.4 Å². The van der Waals surface area contributed by atoms with Gasteiger partial charge < -0.3 is 24.0 Å². The second-order valence-electron chi connectivity index (χ2n) is 9.62. The first-order chi connectivity index (χ1) is 14.0. The van der Waals surface area contributed by atoms with Crippen LogP contribution in [-0.2, 0) is 5.41 Å². The average Bonchev–Trinajstić information content (AvgIpc) is 2.88. The highest BCUT2D eigenvalue weighted by Crippen LogP contribution is 2.40. The number of hydrogen-bond acceptors (Lipinski definition) is 0. The highest BCUT2D eigenvalue weighted by molar-refractivity contribution is 9.10. The van der Waals surface area contributed by atoms with Gasteiger partial charge in [0.2, 0.25) is 5.69 Å². The number of rotatable bonds is 15. The van der Waals surface area contributed by atoms with Crippen LogP contribution in [0.1, 0.15) is 123 Å². The summed E-state index contributed by atoms with van der Waals surface area (Å²) in [6, 6.07) is 6.79. The molecular weight excluding hydrogens is 545 g/mol. The summed E-state index contributed by atoms with van der Waals surface area (Å²) in [4.78, 5) is 0. The van der Waals surface area contributed by atoms with Gasteiger partial charge in [0.1, 0.15) is 6.54 Å². The molecule has 0 amide bonds. The van der Waals surface area contributed by atoms with Crippen LogP contribution in [0, 0.1) is 0 Å². The Labute approximate surface area is 212 Å². The molecule has 0 aromatic heterocycles. The monoisotopic (exact) mass is 589 g/mol. The smallest absolute Gasteiger partial charge is 0.209 e. The van der Waals surface area contributed by atoms with Crippen LogP contribution < -0.4 is 24.0 Å². The molecule has 1 aliphatic rings. The van der Waals surface area contributed by atoms with Crippen molar-refractivity contribution in [1.29, 1.82) is 0 Å². The summed E-state index contributed by atoms with van der Waals surface area (Å²) < 4.78 is 3.76. The molecule has 2 rings (SSSR count). The van der Waals surface area contributed by atoms with Gasteiger partial charge in [-0.3, -0.25) is 0 Å². The maximum atomic E-state index is 3.65. The third kappa shape index (κ3) is 8.56. The van der Waals surface area contributed by atoms with Gasteiger partial charge in [0.05, 0.1) is 5.41 Å². The molecule has 0 bridgehead atoms. The lowest BCUT2D eigenvalue weighted by molar-refractivity contribution is -0.439. The van der Waals surface area contributed by atoms with Crippen molar-refractivity contribution in [3.05, 3.63) is 28.2 Å². The zero-order valence-electron chi connectivity index (χ0n) is 20.0. The van der Waals surface area contributed by atoms with Crippen LogP contribution >= 0.6 is 15.9 Å². The van der Waals surface area contributed by atoms with Crippen LogP contribution in [0.3, 0.4) is 0 Å². The van der Waals surface area contributed by atoms with Crippen molar-refractivity contribution in [3.63, 3.8) is 0 Å². The van der Waals surface area contributed by atoms with Gasteiger partial charge in [-0.2, -0.15) is 4.58 Å². The molecular formula is C27H45BrIN. The van der Waals surface area contributed by atoms with Crippen LogP contribution in [0.25, 0.3) is 0 Å². The van der Waals surface area contributed by atoms with Crippen LogP contribution in [-0.4, -0.2) is 16.8 Å². The topological polar surface area (TPSA) is 3.01 Å². The first kappa shape index (κ1) is 28.1. The summed E-state index contributed by atoms with van der Waals surface area (Å²) >= 11 is 3.65. The second kappa shape index (κ2) is 15.0. The predicted molar refractivity (Wildman–Crippen MR) is 133 cm³/mol. The van der Waals surface area contributed by atoms with E-state index in [4.69, 9.17) is 0 Å². The Balaban J connectivity index is 0.00000450. The van der Waals surface area contributed by atoms with Crippen molar-refractivity contribution in [3.8, 4) is 0 Å². The minimum absolute atomic E-state index is 0. The average molecular weight is 590 g/mol. The first-order valence-electron chi connectivity index (χ1n) is 12.4. The number of nitrogens with zero attached hydrogens (tertiary/aromatic N) is 1. The lowest BCUT2D eigenvalue weighted by Crippen LogP contribution is -3.00. The Hall–Kier alpha value is 0.1000. The standard InChI is InChI=1S/C27H45BrN.HI/c1-5-6-7-8-9-10-11-12-13-14-15-16-17-18-21-29-23(2)27(3,4)25-22-24(28)19-20-26(25)29;/h19-20,22H,5-18,21H2,1-4H3;1H/q+1;/p-1. The van der Waals surface area contributed by atoms with Crippen molar-refractivity contribution < 1.29 is 28.6 Å². The fraction of sp³-hybridized carbons (Fsp3) is 0.741. The minimum Gasteiger partial charge on any atom is -1.00 e. The molecule has 0 atom stereocenters. The SMILES string of the molecule is CCCCCCCCCCCCCCCC[N+]1=C(C)C(C)(C)c2cc(Br)ccc21.[I-]. The van der Waals surface area contributed by atoms with Crippen LogP contribution in [0.15, 0.2) is 22.7 Å². The summed E-state index contributed by atoms with van der Waals surface area (Å²) in [6.45, 7) is 10.5. The summed E-state index contributed by atoms with van der Waals surface area (Å²) in [5.41, 5.74) is 4.54. The highest BCUT2D eigenvalue weighted by atomic mass is 127. The number of fused-ring (bicyclic) bond motifs is 1. The number of halogens is 2. The van der Waals surface area contributed by atoms with E-state index in [-0.39, 0.29) is 29.4 Å². The van der Waals surface area contributed by atoms with Crippen molar-refractivity contribution in [1.82, 2.24) is 0 Å². The molecule has 1 nitrogen and oxygen atoms in total. The van der Waals surface area contributed by atoms with Gasteiger partial charge in [-0.05, 0) is 32.4 Å². The van der Waals surface area contributed by atoms with E-state index in [9.17, 15) is 0 Å². The van der Waals surface area contributed by atoms with Gasteiger partial charge in [-0.25, -0.2) is 0 Å². The molecule has 0 N–H and O–H groups in total. The molecule has 0 radical (unpaired) electrons. The molecule has 1 aromatic rings. The molecule has 0 spiro atoms. The molecule has 0 fully saturated rings. The third-order valence-electron chi connectivity index (χ3n) is 6.97. The van der Waals surface area contributed by atoms with Gasteiger partial charge in [-0.15, -0.1) is 0 Å². The first-order valence-corrected chi connectivity index (χ1v) is 13.2. The Morgan fingerprint density at radius 3 is 1.73 bits per heavy atom. The number of hydrogen-bond donors (Lipinski definition) is 0. The molecule has 1 heterocycles. The van der Waals surface area contributed by atoms with Gasteiger partial charge in [0.25, 0.3) is 0 Å². The van der Waals surface area contributed by atoms with Gasteiger partial charge >= 0.3 is 0 Å². The van der Waals surface area contributed by atoms with Crippen LogP contribution in [0.2, 0.25) is 0 Å². The minimum atomic E-state index is 0. The van der Waals surface area contributed by atoms with Crippen LogP contribution in [0.5, 0.6) is 0 Å². The molecule has 0 unspecified atom stereocenters. The maximum Gasteiger partial charge on any atom is 0.209 e. The zero-order chi connectivity index (χ0) is 21.1. The van der Waals surface area contributed by atoms with E-state index in [1.807, 2.05) is 0 Å². The number of unbranched alkanes of at least 4 members (excludes halogenated alkanes) is 13. The van der Waals surface area contributed by atoms with E-state index < -0.39 is 0 Å². The molecule has 1 aromatic carbocycles. The van der Waals surface area contributed by atoms with Crippen molar-refractivity contribution in [2.75, 3.05) is 6.54 Å². The molecule has 0 saturated carbocycles. The summed E-state index contributed by atoms with van der Waals surface area (Å²) in [5.74, 6) is 0. The summed E-state index contributed by atoms with van der Waals surface area (Å²) in [7, 11) is 0. The zero-order valence-corrected chi connectivity index (χ0v) is 23.8. The highest BCUT2D eigenvalue weighted by Gasteiger charge is 2.42. The predicted octanol–water partition coefficient (Wildman–Crippen LogP) is 6.33. The Morgan fingerprint density at radius 2 is 1.23 bits per heavy atom. The largest absolute Gasteiger partial charge is 1.00 e. The van der Waals surface area contributed by atoms with Crippen molar-refractivity contribution >= 4 is 27.3 Å². The third-order valence-corrected chi connectivity index (χ3v) is 7.46. The second-order valence-corrected chi connectivity index (χ2v) is 10.5. The lowest BCUT2D eigenvalue weighted by atomic mass is 9.82. The normalized spacial score (nSPS) is 14.7. The van der Waals surface area contributed by atoms with E-state index in [0.717, 1.165) is 0 Å². The Morgan fingerprint density at radius 1 is 0.767 bits per heavy atom. The van der Waals surface area contributed by atoms with Crippen molar-refractivity contribution in [2.24, 2.45) is 0 Å². The molecule has 172 valence electrons. The molecule has 1 aliphatic heterocycles. The Kier molecular flexibility index (Phi) is 14.1. The van der Waals surface area contributed by atoms with E-state index in [1.165, 1.54) is 118 Å². The van der Waals surface area contributed by atoms with E-state index >= 15 is 0 Å².